The van der Waals surface area contributed by atoms with E-state index in [1.165, 1.54) is 11.1 Å². The summed E-state index contributed by atoms with van der Waals surface area (Å²) in [7, 11) is 0. The molecule has 0 fully saturated rings. The Hall–Kier alpha value is -1.47. The minimum absolute atomic E-state index is 0.241. The van der Waals surface area contributed by atoms with E-state index in [0.29, 0.717) is 0 Å². The van der Waals surface area contributed by atoms with Gasteiger partial charge in [-0.05, 0) is 43.5 Å². The summed E-state index contributed by atoms with van der Waals surface area (Å²) in [5.41, 5.74) is 4.68. The lowest BCUT2D eigenvalue weighted by Gasteiger charge is -2.19. The van der Waals surface area contributed by atoms with Crippen molar-refractivity contribution in [3.63, 3.8) is 0 Å². The van der Waals surface area contributed by atoms with E-state index in [0.717, 1.165) is 16.3 Å². The summed E-state index contributed by atoms with van der Waals surface area (Å²) in [4.78, 5) is 0. The smallest absolute Gasteiger partial charge is 0.0666 e. The summed E-state index contributed by atoms with van der Waals surface area (Å²) in [6.07, 6.45) is 0. The molecule has 0 radical (unpaired) electrons. The lowest BCUT2D eigenvalue weighted by molar-refractivity contribution is 0.874. The van der Waals surface area contributed by atoms with Crippen LogP contribution in [0.4, 0.5) is 5.69 Å². The van der Waals surface area contributed by atoms with E-state index in [1.807, 2.05) is 25.1 Å². The van der Waals surface area contributed by atoms with Crippen molar-refractivity contribution in [3.05, 3.63) is 64.2 Å². The molecule has 2 rings (SSSR count). The molecule has 0 aromatic heterocycles. The molecule has 0 aliphatic rings. The van der Waals surface area contributed by atoms with Crippen molar-refractivity contribution in [2.75, 3.05) is 5.32 Å². The summed E-state index contributed by atoms with van der Waals surface area (Å²) in [6.45, 7) is 6.30. The number of hydrogen-bond acceptors (Lipinski definition) is 1. The van der Waals surface area contributed by atoms with Crippen LogP contribution in [0, 0.1) is 13.8 Å². The van der Waals surface area contributed by atoms with E-state index in [-0.39, 0.29) is 6.04 Å². The van der Waals surface area contributed by atoms with E-state index in [4.69, 9.17) is 11.6 Å². The molecule has 0 bridgehead atoms. The normalized spacial score (nSPS) is 12.2. The summed E-state index contributed by atoms with van der Waals surface area (Å²) in [5, 5.41) is 4.28. The monoisotopic (exact) mass is 259 g/mol. The van der Waals surface area contributed by atoms with Gasteiger partial charge in [0.15, 0.2) is 0 Å². The fourth-order valence-electron chi connectivity index (χ4n) is 2.14. The van der Waals surface area contributed by atoms with Crippen molar-refractivity contribution in [2.45, 2.75) is 26.8 Å². The molecule has 0 spiro atoms. The highest BCUT2D eigenvalue weighted by Crippen LogP contribution is 2.29. The number of benzene rings is 2. The van der Waals surface area contributed by atoms with E-state index in [2.05, 4.69) is 43.4 Å². The number of anilines is 1. The van der Waals surface area contributed by atoms with E-state index < -0.39 is 0 Å². The van der Waals surface area contributed by atoms with E-state index >= 15 is 0 Å². The Balaban J connectivity index is 2.24. The van der Waals surface area contributed by atoms with Gasteiger partial charge in [0.05, 0.1) is 10.7 Å². The Morgan fingerprint density at radius 2 is 1.61 bits per heavy atom. The second-order valence-electron chi connectivity index (χ2n) is 4.66. The zero-order chi connectivity index (χ0) is 13.1. The van der Waals surface area contributed by atoms with Crippen LogP contribution in [-0.2, 0) is 0 Å². The second-order valence-corrected chi connectivity index (χ2v) is 5.04. The van der Waals surface area contributed by atoms with Gasteiger partial charge in [-0.3, -0.25) is 0 Å². The van der Waals surface area contributed by atoms with Gasteiger partial charge in [-0.2, -0.15) is 0 Å². The van der Waals surface area contributed by atoms with Gasteiger partial charge in [0.25, 0.3) is 0 Å². The highest BCUT2D eigenvalue weighted by molar-refractivity contribution is 6.34. The van der Waals surface area contributed by atoms with Gasteiger partial charge in [0.2, 0.25) is 0 Å². The van der Waals surface area contributed by atoms with Crippen molar-refractivity contribution >= 4 is 17.3 Å². The Bertz CT molecular complexity index is 549. The third-order valence-electron chi connectivity index (χ3n) is 3.22. The third-order valence-corrected chi connectivity index (χ3v) is 3.72. The highest BCUT2D eigenvalue weighted by Gasteiger charge is 2.10. The predicted octanol–water partition coefficient (Wildman–Crippen LogP) is 5.13. The van der Waals surface area contributed by atoms with Crippen LogP contribution in [0.1, 0.15) is 29.7 Å². The molecule has 0 amide bonds. The Morgan fingerprint density at radius 1 is 0.944 bits per heavy atom. The molecule has 1 atom stereocenters. The number of halogens is 1. The zero-order valence-electron chi connectivity index (χ0n) is 11.0. The van der Waals surface area contributed by atoms with E-state index in [1.54, 1.807) is 0 Å². The molecule has 94 valence electrons. The van der Waals surface area contributed by atoms with Crippen LogP contribution < -0.4 is 5.32 Å². The Labute approximate surface area is 114 Å². The van der Waals surface area contributed by atoms with Crippen LogP contribution in [0.3, 0.4) is 0 Å². The van der Waals surface area contributed by atoms with Crippen molar-refractivity contribution in [1.29, 1.82) is 0 Å². The third kappa shape index (κ3) is 2.68. The molecule has 0 heterocycles. The summed E-state index contributed by atoms with van der Waals surface area (Å²) < 4.78 is 0. The van der Waals surface area contributed by atoms with Crippen molar-refractivity contribution in [1.82, 2.24) is 0 Å². The van der Waals surface area contributed by atoms with Gasteiger partial charge < -0.3 is 5.32 Å². The lowest BCUT2D eigenvalue weighted by atomic mass is 10.0. The number of nitrogens with one attached hydrogen (secondary N) is 1. The number of aryl methyl sites for hydroxylation is 2. The molecule has 18 heavy (non-hydrogen) atoms. The first-order valence-electron chi connectivity index (χ1n) is 6.17. The molecule has 2 aromatic carbocycles. The van der Waals surface area contributed by atoms with E-state index in [9.17, 15) is 0 Å². The van der Waals surface area contributed by atoms with Crippen molar-refractivity contribution < 1.29 is 0 Å². The average Bonchev–Trinajstić information content (AvgIpc) is 2.35. The summed E-state index contributed by atoms with van der Waals surface area (Å²) in [5.74, 6) is 0. The molecule has 1 unspecified atom stereocenters. The summed E-state index contributed by atoms with van der Waals surface area (Å²) in [6, 6.07) is 14.7. The SMILES string of the molecule is Cc1ccccc1C(C)Nc1cccc(C)c1Cl. The molecule has 1 nitrogen and oxygen atoms in total. The van der Waals surface area contributed by atoms with Crippen LogP contribution in [0.2, 0.25) is 5.02 Å². The maximum atomic E-state index is 6.30. The molecule has 0 saturated carbocycles. The van der Waals surface area contributed by atoms with Crippen LogP contribution >= 0.6 is 11.6 Å². The number of hydrogen-bond donors (Lipinski definition) is 1. The number of rotatable bonds is 3. The Morgan fingerprint density at radius 3 is 2.33 bits per heavy atom. The van der Waals surface area contributed by atoms with Gasteiger partial charge in [0, 0.05) is 6.04 Å². The first-order valence-corrected chi connectivity index (χ1v) is 6.54. The molecule has 2 aromatic rings. The lowest BCUT2D eigenvalue weighted by Crippen LogP contribution is -2.08. The highest BCUT2D eigenvalue weighted by atomic mass is 35.5. The second kappa shape index (κ2) is 5.45. The fraction of sp³-hybridized carbons (Fsp3) is 0.250. The van der Waals surface area contributed by atoms with Crippen molar-refractivity contribution in [3.8, 4) is 0 Å². The zero-order valence-corrected chi connectivity index (χ0v) is 11.8. The molecular formula is C16H18ClN. The molecule has 2 heteroatoms. The van der Waals surface area contributed by atoms with Crippen LogP contribution in [0.25, 0.3) is 0 Å². The standard InChI is InChI=1S/C16H18ClN/c1-11-7-4-5-9-14(11)13(3)18-15-10-6-8-12(2)16(15)17/h4-10,13,18H,1-3H3. The molecule has 0 aliphatic carbocycles. The van der Waals surface area contributed by atoms with Gasteiger partial charge >= 0.3 is 0 Å². The maximum Gasteiger partial charge on any atom is 0.0666 e. The summed E-state index contributed by atoms with van der Waals surface area (Å²) >= 11 is 6.30. The van der Waals surface area contributed by atoms with Crippen LogP contribution in [-0.4, -0.2) is 0 Å². The first-order chi connectivity index (χ1) is 8.59. The van der Waals surface area contributed by atoms with Crippen LogP contribution in [0.15, 0.2) is 42.5 Å². The Kier molecular flexibility index (Phi) is 3.93. The van der Waals surface area contributed by atoms with Gasteiger partial charge in [-0.15, -0.1) is 0 Å². The molecular weight excluding hydrogens is 242 g/mol. The van der Waals surface area contributed by atoms with Gasteiger partial charge in [0.1, 0.15) is 0 Å². The largest absolute Gasteiger partial charge is 0.377 e. The molecule has 0 saturated heterocycles. The predicted molar refractivity (Wildman–Crippen MR) is 79.4 cm³/mol. The maximum absolute atomic E-state index is 6.30. The minimum atomic E-state index is 0.241. The minimum Gasteiger partial charge on any atom is -0.377 e. The molecule has 1 N–H and O–H groups in total. The quantitative estimate of drug-likeness (QED) is 0.806. The average molecular weight is 260 g/mol. The van der Waals surface area contributed by atoms with Crippen molar-refractivity contribution in [2.24, 2.45) is 0 Å². The van der Waals surface area contributed by atoms with Crippen LogP contribution in [0.5, 0.6) is 0 Å². The fourth-order valence-corrected chi connectivity index (χ4v) is 2.32. The molecule has 0 aliphatic heterocycles. The van der Waals surface area contributed by atoms with Gasteiger partial charge in [-0.25, -0.2) is 0 Å². The first kappa shape index (κ1) is 13.0. The van der Waals surface area contributed by atoms with Gasteiger partial charge in [-0.1, -0.05) is 48.0 Å². The topological polar surface area (TPSA) is 12.0 Å².